The first-order chi connectivity index (χ1) is 10.5. The molecule has 0 unspecified atom stereocenters. The number of hydrogen-bond donors (Lipinski definition) is 2. The quantitative estimate of drug-likeness (QED) is 0.724. The summed E-state index contributed by atoms with van der Waals surface area (Å²) in [5.41, 5.74) is -0.832. The third-order valence-electron chi connectivity index (χ3n) is 7.92. The Balaban J connectivity index is 2.01. The van der Waals surface area contributed by atoms with E-state index < -0.39 is 12.2 Å². The number of hydrogen-bond acceptors (Lipinski definition) is 3. The molecule has 0 aromatic carbocycles. The standard InChI is InChI=1S/C20H34O3/c1-7-18(4)10-8-14-19(5,23-18)11-9-13-17(2,3)15(21)12-16(22)20(13,14)6/h7,13-16,21-22H,1,8-12H2,2-6H3/t13-,14-,15+,16+,18-,19+,20-/m1/s1. The molecule has 0 spiro atoms. The second kappa shape index (κ2) is 5.06. The van der Waals surface area contributed by atoms with Gasteiger partial charge in [-0.05, 0) is 56.8 Å². The van der Waals surface area contributed by atoms with Gasteiger partial charge in [0.2, 0.25) is 0 Å². The Kier molecular flexibility index (Phi) is 3.84. The molecule has 3 heteroatoms. The van der Waals surface area contributed by atoms with E-state index in [1.165, 1.54) is 0 Å². The lowest BCUT2D eigenvalue weighted by Crippen LogP contribution is -2.68. The normalized spacial score (nSPS) is 55.6. The highest BCUT2D eigenvalue weighted by molar-refractivity contribution is 5.16. The van der Waals surface area contributed by atoms with Crippen molar-refractivity contribution in [3.63, 3.8) is 0 Å². The van der Waals surface area contributed by atoms with Crippen LogP contribution in [0.4, 0.5) is 0 Å². The summed E-state index contributed by atoms with van der Waals surface area (Å²) in [5.74, 6) is 0.645. The summed E-state index contributed by atoms with van der Waals surface area (Å²) < 4.78 is 6.58. The van der Waals surface area contributed by atoms with Crippen LogP contribution in [0.3, 0.4) is 0 Å². The maximum Gasteiger partial charge on any atom is 0.0839 e. The number of aliphatic hydroxyl groups is 2. The average molecular weight is 322 g/mol. The molecular formula is C20H34O3. The molecule has 1 saturated heterocycles. The van der Waals surface area contributed by atoms with Crippen molar-refractivity contribution in [1.29, 1.82) is 0 Å². The SMILES string of the molecule is C=C[C@]1(C)CC[C@H]2[C@@]3(C)[C@H](CC[C@]2(C)O1)C(C)(C)[C@@H](O)C[C@@H]3O. The first-order valence-corrected chi connectivity index (χ1v) is 9.19. The van der Waals surface area contributed by atoms with E-state index in [4.69, 9.17) is 4.74 Å². The molecular weight excluding hydrogens is 288 g/mol. The van der Waals surface area contributed by atoms with E-state index in [9.17, 15) is 10.2 Å². The van der Waals surface area contributed by atoms with Crippen molar-refractivity contribution in [2.45, 2.75) is 90.1 Å². The molecule has 3 nitrogen and oxygen atoms in total. The van der Waals surface area contributed by atoms with Gasteiger partial charge in [-0.1, -0.05) is 26.8 Å². The average Bonchev–Trinajstić information content (AvgIpc) is 2.44. The van der Waals surface area contributed by atoms with E-state index in [1.807, 2.05) is 6.08 Å². The van der Waals surface area contributed by atoms with E-state index in [0.717, 1.165) is 25.7 Å². The maximum atomic E-state index is 11.0. The minimum atomic E-state index is -0.461. The molecule has 7 atom stereocenters. The van der Waals surface area contributed by atoms with E-state index >= 15 is 0 Å². The zero-order valence-corrected chi connectivity index (χ0v) is 15.4. The molecule has 3 rings (SSSR count). The molecule has 2 saturated carbocycles. The molecule has 0 radical (unpaired) electrons. The van der Waals surface area contributed by atoms with E-state index in [1.54, 1.807) is 0 Å². The second-order valence-corrected chi connectivity index (χ2v) is 9.57. The van der Waals surface area contributed by atoms with Crippen LogP contribution < -0.4 is 0 Å². The summed E-state index contributed by atoms with van der Waals surface area (Å²) in [6.45, 7) is 14.9. The Morgan fingerprint density at radius 1 is 0.957 bits per heavy atom. The van der Waals surface area contributed by atoms with Crippen LogP contribution in [0.2, 0.25) is 0 Å². The van der Waals surface area contributed by atoms with Crippen molar-refractivity contribution in [2.75, 3.05) is 0 Å². The van der Waals surface area contributed by atoms with Crippen molar-refractivity contribution < 1.29 is 14.9 Å². The summed E-state index contributed by atoms with van der Waals surface area (Å²) in [4.78, 5) is 0. The van der Waals surface area contributed by atoms with Crippen molar-refractivity contribution in [3.05, 3.63) is 12.7 Å². The third kappa shape index (κ3) is 2.26. The van der Waals surface area contributed by atoms with Gasteiger partial charge in [0, 0.05) is 11.8 Å². The molecule has 1 aliphatic heterocycles. The van der Waals surface area contributed by atoms with Gasteiger partial charge in [-0.2, -0.15) is 0 Å². The predicted molar refractivity (Wildman–Crippen MR) is 92.1 cm³/mol. The lowest BCUT2D eigenvalue weighted by Gasteiger charge is -2.67. The van der Waals surface area contributed by atoms with Crippen LogP contribution in [0.1, 0.15) is 66.7 Å². The van der Waals surface area contributed by atoms with Crippen LogP contribution in [-0.4, -0.2) is 33.6 Å². The summed E-state index contributed by atoms with van der Waals surface area (Å²) in [7, 11) is 0. The zero-order chi connectivity index (χ0) is 17.3. The van der Waals surface area contributed by atoms with Crippen LogP contribution >= 0.6 is 0 Å². The Hall–Kier alpha value is -0.380. The van der Waals surface area contributed by atoms with Crippen LogP contribution in [0.5, 0.6) is 0 Å². The van der Waals surface area contributed by atoms with Crippen molar-refractivity contribution in [1.82, 2.24) is 0 Å². The smallest absolute Gasteiger partial charge is 0.0839 e. The molecule has 132 valence electrons. The van der Waals surface area contributed by atoms with Gasteiger partial charge in [0.25, 0.3) is 0 Å². The molecule has 0 aromatic heterocycles. The van der Waals surface area contributed by atoms with Crippen molar-refractivity contribution >= 4 is 0 Å². The number of rotatable bonds is 1. The molecule has 0 aromatic rings. The Morgan fingerprint density at radius 3 is 2.17 bits per heavy atom. The van der Waals surface area contributed by atoms with E-state index in [-0.39, 0.29) is 22.0 Å². The predicted octanol–water partition coefficient (Wildman–Crippen LogP) is 3.68. The fraction of sp³-hybridized carbons (Fsp3) is 0.900. The fourth-order valence-electron chi connectivity index (χ4n) is 6.35. The minimum Gasteiger partial charge on any atom is -0.392 e. The molecule has 0 amide bonds. The van der Waals surface area contributed by atoms with Crippen LogP contribution in [-0.2, 0) is 4.74 Å². The van der Waals surface area contributed by atoms with Crippen LogP contribution in [0.15, 0.2) is 12.7 Å². The molecule has 1 heterocycles. The number of fused-ring (bicyclic) bond motifs is 3. The monoisotopic (exact) mass is 322 g/mol. The highest BCUT2D eigenvalue weighted by Crippen LogP contribution is 2.65. The minimum absolute atomic E-state index is 0.158. The van der Waals surface area contributed by atoms with E-state index in [2.05, 4.69) is 41.2 Å². The van der Waals surface area contributed by atoms with Gasteiger partial charge in [-0.3, -0.25) is 0 Å². The third-order valence-corrected chi connectivity index (χ3v) is 7.92. The van der Waals surface area contributed by atoms with Gasteiger partial charge in [-0.15, -0.1) is 6.58 Å². The van der Waals surface area contributed by atoms with Crippen molar-refractivity contribution in [2.24, 2.45) is 22.7 Å². The van der Waals surface area contributed by atoms with Gasteiger partial charge >= 0.3 is 0 Å². The van der Waals surface area contributed by atoms with Gasteiger partial charge in [0.15, 0.2) is 0 Å². The number of ether oxygens (including phenoxy) is 1. The Labute approximate surface area is 141 Å². The largest absolute Gasteiger partial charge is 0.392 e. The molecule has 0 bridgehead atoms. The molecule has 2 N–H and O–H groups in total. The van der Waals surface area contributed by atoms with Crippen LogP contribution in [0.25, 0.3) is 0 Å². The highest BCUT2D eigenvalue weighted by atomic mass is 16.5. The lowest BCUT2D eigenvalue weighted by atomic mass is 9.43. The molecule has 23 heavy (non-hydrogen) atoms. The zero-order valence-electron chi connectivity index (χ0n) is 15.4. The molecule has 3 aliphatic rings. The second-order valence-electron chi connectivity index (χ2n) is 9.57. The molecule has 3 fully saturated rings. The highest BCUT2D eigenvalue weighted by Gasteiger charge is 2.65. The van der Waals surface area contributed by atoms with Gasteiger partial charge in [0.05, 0.1) is 23.4 Å². The van der Waals surface area contributed by atoms with Crippen LogP contribution in [0, 0.1) is 22.7 Å². The fourth-order valence-corrected chi connectivity index (χ4v) is 6.35. The summed E-state index contributed by atoms with van der Waals surface area (Å²) in [6, 6.07) is 0. The molecule has 2 aliphatic carbocycles. The lowest BCUT2D eigenvalue weighted by molar-refractivity contribution is -0.285. The van der Waals surface area contributed by atoms with E-state index in [0.29, 0.717) is 18.3 Å². The summed E-state index contributed by atoms with van der Waals surface area (Å²) >= 11 is 0. The summed E-state index contributed by atoms with van der Waals surface area (Å²) in [5, 5.41) is 21.5. The Morgan fingerprint density at radius 2 is 1.57 bits per heavy atom. The maximum absolute atomic E-state index is 11.0. The number of aliphatic hydroxyl groups excluding tert-OH is 2. The summed E-state index contributed by atoms with van der Waals surface area (Å²) in [6.07, 6.45) is 5.52. The van der Waals surface area contributed by atoms with Gasteiger partial charge < -0.3 is 14.9 Å². The topological polar surface area (TPSA) is 49.7 Å². The first-order valence-electron chi connectivity index (χ1n) is 9.19. The van der Waals surface area contributed by atoms with Gasteiger partial charge in [0.1, 0.15) is 0 Å². The van der Waals surface area contributed by atoms with Gasteiger partial charge in [-0.25, -0.2) is 0 Å². The first kappa shape index (κ1) is 17.4. The Bertz CT molecular complexity index is 501. The van der Waals surface area contributed by atoms with Crippen molar-refractivity contribution in [3.8, 4) is 0 Å².